The predicted molar refractivity (Wildman–Crippen MR) is 118 cm³/mol. The van der Waals surface area contributed by atoms with Crippen LogP contribution in [-0.2, 0) is 6.18 Å². The van der Waals surface area contributed by atoms with E-state index in [-0.39, 0.29) is 22.8 Å². The second-order valence-corrected chi connectivity index (χ2v) is 7.95. The Labute approximate surface area is 184 Å². The van der Waals surface area contributed by atoms with E-state index in [2.05, 4.69) is 22.2 Å². The Morgan fingerprint density at radius 3 is 2.34 bits per heavy atom. The molecule has 0 radical (unpaired) electrons. The number of carbonyl (C=O) groups excluding carboxylic acids is 1. The van der Waals surface area contributed by atoms with Crippen LogP contribution in [0.25, 0.3) is 11.3 Å². The number of hydrogen-bond acceptors (Lipinski definition) is 4. The van der Waals surface area contributed by atoms with Crippen LogP contribution in [-0.4, -0.2) is 44.0 Å². The third kappa shape index (κ3) is 4.80. The smallest absolute Gasteiger partial charge is 0.416 e. The predicted octanol–water partition coefficient (Wildman–Crippen LogP) is 5.28. The first kappa shape index (κ1) is 22.0. The van der Waals surface area contributed by atoms with Gasteiger partial charge in [-0.1, -0.05) is 12.1 Å². The van der Waals surface area contributed by atoms with Crippen molar-refractivity contribution < 1.29 is 22.4 Å². The largest absolute Gasteiger partial charge is 0.461 e. The number of aryl methyl sites for hydroxylation is 1. The van der Waals surface area contributed by atoms with Gasteiger partial charge in [0.1, 0.15) is 11.5 Å². The molecule has 1 N–H and O–H groups in total. The quantitative estimate of drug-likeness (QED) is 0.596. The van der Waals surface area contributed by atoms with Crippen molar-refractivity contribution in [1.29, 1.82) is 0 Å². The van der Waals surface area contributed by atoms with Crippen LogP contribution < -0.4 is 10.2 Å². The third-order valence-corrected chi connectivity index (χ3v) is 5.63. The molecule has 3 aromatic rings. The van der Waals surface area contributed by atoms with Crippen molar-refractivity contribution in [2.24, 2.45) is 0 Å². The number of likely N-dealkylation sites (N-methyl/N-ethyl adjacent to an activating group) is 1. The minimum absolute atomic E-state index is 0.212. The number of carbonyl (C=O) groups is 1. The van der Waals surface area contributed by atoms with Crippen LogP contribution in [0.15, 0.2) is 59.0 Å². The van der Waals surface area contributed by atoms with Gasteiger partial charge in [0.2, 0.25) is 0 Å². The SMILES string of the molecule is Cc1oc(-c2cccc(C(F)(F)F)c2)cc1C(=O)Nc1ccc(N2CCN(C)CC2)cc1. The summed E-state index contributed by atoms with van der Waals surface area (Å²) in [5.74, 6) is 0.171. The van der Waals surface area contributed by atoms with Crippen molar-refractivity contribution in [3.05, 3.63) is 71.5 Å². The van der Waals surface area contributed by atoms with Crippen molar-refractivity contribution in [3.63, 3.8) is 0 Å². The fourth-order valence-corrected chi connectivity index (χ4v) is 3.72. The van der Waals surface area contributed by atoms with E-state index in [1.165, 1.54) is 18.2 Å². The summed E-state index contributed by atoms with van der Waals surface area (Å²) < 4.78 is 44.6. The van der Waals surface area contributed by atoms with Gasteiger partial charge < -0.3 is 19.5 Å². The average Bonchev–Trinajstić information content (AvgIpc) is 3.16. The molecule has 32 heavy (non-hydrogen) atoms. The van der Waals surface area contributed by atoms with E-state index in [9.17, 15) is 18.0 Å². The lowest BCUT2D eigenvalue weighted by Crippen LogP contribution is -2.44. The van der Waals surface area contributed by atoms with Gasteiger partial charge in [0.05, 0.1) is 11.1 Å². The van der Waals surface area contributed by atoms with Gasteiger partial charge in [0.25, 0.3) is 5.91 Å². The number of rotatable bonds is 4. The molecule has 1 fully saturated rings. The highest BCUT2D eigenvalue weighted by Crippen LogP contribution is 2.33. The van der Waals surface area contributed by atoms with Crippen LogP contribution in [0.4, 0.5) is 24.5 Å². The number of nitrogens with zero attached hydrogens (tertiary/aromatic N) is 2. The maximum absolute atomic E-state index is 13.0. The molecule has 0 unspecified atom stereocenters. The molecular weight excluding hydrogens is 419 g/mol. The number of nitrogens with one attached hydrogen (secondary N) is 1. The van der Waals surface area contributed by atoms with Gasteiger partial charge in [-0.2, -0.15) is 13.2 Å². The summed E-state index contributed by atoms with van der Waals surface area (Å²) in [6.07, 6.45) is -4.45. The molecule has 4 rings (SSSR count). The molecule has 1 aliphatic rings. The fraction of sp³-hybridized carbons (Fsp3) is 0.292. The van der Waals surface area contributed by atoms with Crippen LogP contribution in [0.5, 0.6) is 0 Å². The Morgan fingerprint density at radius 2 is 1.69 bits per heavy atom. The number of hydrogen-bond donors (Lipinski definition) is 1. The zero-order valence-corrected chi connectivity index (χ0v) is 17.9. The lowest BCUT2D eigenvalue weighted by molar-refractivity contribution is -0.137. The first-order valence-electron chi connectivity index (χ1n) is 10.3. The summed E-state index contributed by atoms with van der Waals surface area (Å²) in [7, 11) is 2.10. The van der Waals surface area contributed by atoms with Gasteiger partial charge in [-0.25, -0.2) is 0 Å². The first-order valence-corrected chi connectivity index (χ1v) is 10.3. The van der Waals surface area contributed by atoms with Gasteiger partial charge >= 0.3 is 6.18 Å². The monoisotopic (exact) mass is 443 g/mol. The summed E-state index contributed by atoms with van der Waals surface area (Å²) in [6.45, 7) is 5.53. The normalized spacial score (nSPS) is 15.1. The van der Waals surface area contributed by atoms with Crippen molar-refractivity contribution in [2.75, 3.05) is 43.4 Å². The molecule has 1 amide bonds. The van der Waals surface area contributed by atoms with Crippen LogP contribution in [0.3, 0.4) is 0 Å². The highest BCUT2D eigenvalue weighted by molar-refractivity contribution is 6.05. The zero-order valence-electron chi connectivity index (χ0n) is 17.9. The Bertz CT molecular complexity index is 1100. The highest BCUT2D eigenvalue weighted by Gasteiger charge is 2.30. The summed E-state index contributed by atoms with van der Waals surface area (Å²) in [4.78, 5) is 17.3. The van der Waals surface area contributed by atoms with Crippen LogP contribution in [0.2, 0.25) is 0 Å². The molecule has 0 bridgehead atoms. The van der Waals surface area contributed by atoms with Gasteiger partial charge in [0.15, 0.2) is 0 Å². The molecule has 2 heterocycles. The standard InChI is InChI=1S/C24H24F3N3O2/c1-16-21(15-22(32-16)17-4-3-5-18(14-17)24(25,26)27)23(31)28-19-6-8-20(9-7-19)30-12-10-29(2)11-13-30/h3-9,14-15H,10-13H2,1-2H3,(H,28,31). The van der Waals surface area contributed by atoms with E-state index in [0.717, 1.165) is 44.0 Å². The zero-order chi connectivity index (χ0) is 22.9. The molecule has 0 saturated carbocycles. The second kappa shape index (κ2) is 8.70. The summed E-state index contributed by atoms with van der Waals surface area (Å²) in [5.41, 5.74) is 1.51. The molecule has 168 valence electrons. The molecule has 2 aromatic carbocycles. The Hall–Kier alpha value is -3.26. The Balaban J connectivity index is 1.47. The molecule has 0 aliphatic carbocycles. The van der Waals surface area contributed by atoms with E-state index in [1.54, 1.807) is 6.92 Å². The topological polar surface area (TPSA) is 48.7 Å². The van der Waals surface area contributed by atoms with E-state index < -0.39 is 11.7 Å². The molecule has 1 aliphatic heterocycles. The first-order chi connectivity index (χ1) is 15.2. The summed E-state index contributed by atoms with van der Waals surface area (Å²) in [5, 5.41) is 2.83. The van der Waals surface area contributed by atoms with Gasteiger partial charge in [0, 0.05) is 43.1 Å². The second-order valence-electron chi connectivity index (χ2n) is 7.95. The van der Waals surface area contributed by atoms with E-state index >= 15 is 0 Å². The van der Waals surface area contributed by atoms with Crippen LogP contribution in [0, 0.1) is 6.92 Å². The van der Waals surface area contributed by atoms with Crippen molar-refractivity contribution in [3.8, 4) is 11.3 Å². The lowest BCUT2D eigenvalue weighted by atomic mass is 10.1. The van der Waals surface area contributed by atoms with Gasteiger partial charge in [-0.3, -0.25) is 4.79 Å². The number of piperazine rings is 1. The minimum atomic E-state index is -4.45. The number of anilines is 2. The highest BCUT2D eigenvalue weighted by atomic mass is 19.4. The summed E-state index contributed by atoms with van der Waals surface area (Å²) in [6, 6.07) is 13.9. The molecule has 8 heteroatoms. The van der Waals surface area contributed by atoms with Gasteiger partial charge in [-0.05, 0) is 56.4 Å². The van der Waals surface area contributed by atoms with Crippen molar-refractivity contribution in [1.82, 2.24) is 4.90 Å². The maximum Gasteiger partial charge on any atom is 0.416 e. The van der Waals surface area contributed by atoms with Crippen LogP contribution in [0.1, 0.15) is 21.7 Å². The molecule has 5 nitrogen and oxygen atoms in total. The molecule has 0 spiro atoms. The summed E-state index contributed by atoms with van der Waals surface area (Å²) >= 11 is 0. The van der Waals surface area contributed by atoms with Gasteiger partial charge in [-0.15, -0.1) is 0 Å². The van der Waals surface area contributed by atoms with Crippen LogP contribution >= 0.6 is 0 Å². The number of amides is 1. The van der Waals surface area contributed by atoms with Crippen molar-refractivity contribution in [2.45, 2.75) is 13.1 Å². The van der Waals surface area contributed by atoms with Crippen molar-refractivity contribution >= 4 is 17.3 Å². The average molecular weight is 443 g/mol. The van der Waals surface area contributed by atoms with E-state index in [0.29, 0.717) is 11.4 Å². The Morgan fingerprint density at radius 1 is 1.00 bits per heavy atom. The van der Waals surface area contributed by atoms with E-state index in [4.69, 9.17) is 4.42 Å². The molecule has 0 atom stereocenters. The minimum Gasteiger partial charge on any atom is -0.461 e. The molecular formula is C24H24F3N3O2. The van der Waals surface area contributed by atoms with E-state index in [1.807, 2.05) is 24.3 Å². The number of halogens is 3. The maximum atomic E-state index is 13.0. The number of furan rings is 1. The Kier molecular flexibility index (Phi) is 5.97. The third-order valence-electron chi connectivity index (χ3n) is 5.63. The number of benzene rings is 2. The lowest BCUT2D eigenvalue weighted by Gasteiger charge is -2.34. The fourth-order valence-electron chi connectivity index (χ4n) is 3.72. The molecule has 1 saturated heterocycles. The number of alkyl halides is 3. The molecule has 1 aromatic heterocycles.